The first-order valence-corrected chi connectivity index (χ1v) is 8.42. The molecule has 0 aliphatic heterocycles. The number of nitro groups is 1. The fourth-order valence-electron chi connectivity index (χ4n) is 2.10. The molecule has 2 aromatic carbocycles. The van der Waals surface area contributed by atoms with Gasteiger partial charge in [0, 0.05) is 17.8 Å². The summed E-state index contributed by atoms with van der Waals surface area (Å²) >= 11 is 5.92. The Bertz CT molecular complexity index is 900. The number of carbonyl (C=O) groups excluding carboxylic acids is 3. The zero-order chi connectivity index (χ0) is 20.7. The minimum absolute atomic E-state index is 0.118. The van der Waals surface area contributed by atoms with Crippen molar-refractivity contribution in [1.29, 1.82) is 0 Å². The molecule has 0 radical (unpaired) electrons. The lowest BCUT2D eigenvalue weighted by Crippen LogP contribution is -2.40. The lowest BCUT2D eigenvalue weighted by molar-refractivity contribution is -0.384. The smallest absolute Gasteiger partial charge is 0.328 e. The standard InChI is InChI=1S/C18H16ClN3O6/c1-11(20-17(24)14-4-2-3-5-15(14)19)18(25)28-10-16(23)21-12-6-8-13(9-7-12)22(26)27/h2-9,11H,10H2,1H3,(H,20,24)(H,21,23)/t11-/m0/s1. The van der Waals surface area contributed by atoms with Crippen LogP contribution in [0.1, 0.15) is 17.3 Å². The van der Waals surface area contributed by atoms with Crippen LogP contribution in [0.15, 0.2) is 48.5 Å². The Labute approximate surface area is 164 Å². The number of benzene rings is 2. The summed E-state index contributed by atoms with van der Waals surface area (Å²) in [6, 6.07) is 10.5. The summed E-state index contributed by atoms with van der Waals surface area (Å²) in [5.41, 5.74) is 0.402. The molecule has 1 atom stereocenters. The van der Waals surface area contributed by atoms with Crippen molar-refractivity contribution in [2.45, 2.75) is 13.0 Å². The zero-order valence-corrected chi connectivity index (χ0v) is 15.4. The van der Waals surface area contributed by atoms with E-state index in [1.54, 1.807) is 18.2 Å². The molecule has 9 nitrogen and oxygen atoms in total. The van der Waals surface area contributed by atoms with Crippen LogP contribution < -0.4 is 10.6 Å². The summed E-state index contributed by atoms with van der Waals surface area (Å²) in [6.07, 6.45) is 0. The number of hydrogen-bond donors (Lipinski definition) is 2. The summed E-state index contributed by atoms with van der Waals surface area (Å²) in [5, 5.41) is 15.7. The van der Waals surface area contributed by atoms with Crippen LogP contribution in [-0.2, 0) is 14.3 Å². The number of rotatable bonds is 7. The van der Waals surface area contributed by atoms with E-state index in [1.165, 1.54) is 37.3 Å². The molecule has 2 N–H and O–H groups in total. The minimum Gasteiger partial charge on any atom is -0.454 e. The second-order valence-electron chi connectivity index (χ2n) is 5.63. The van der Waals surface area contributed by atoms with Gasteiger partial charge in [-0.15, -0.1) is 0 Å². The van der Waals surface area contributed by atoms with Gasteiger partial charge in [-0.05, 0) is 31.2 Å². The first-order chi connectivity index (χ1) is 13.3. The largest absolute Gasteiger partial charge is 0.454 e. The maximum Gasteiger partial charge on any atom is 0.328 e. The van der Waals surface area contributed by atoms with Gasteiger partial charge in [-0.2, -0.15) is 0 Å². The van der Waals surface area contributed by atoms with E-state index >= 15 is 0 Å². The lowest BCUT2D eigenvalue weighted by atomic mass is 10.2. The van der Waals surface area contributed by atoms with Gasteiger partial charge in [0.25, 0.3) is 17.5 Å². The second kappa shape index (κ2) is 9.47. The van der Waals surface area contributed by atoms with E-state index in [0.29, 0.717) is 5.69 Å². The van der Waals surface area contributed by atoms with Gasteiger partial charge in [-0.3, -0.25) is 19.7 Å². The van der Waals surface area contributed by atoms with Gasteiger partial charge in [0.15, 0.2) is 6.61 Å². The van der Waals surface area contributed by atoms with E-state index in [9.17, 15) is 24.5 Å². The van der Waals surface area contributed by atoms with E-state index in [0.717, 1.165) is 0 Å². The fourth-order valence-corrected chi connectivity index (χ4v) is 2.33. The third-order valence-electron chi connectivity index (χ3n) is 3.53. The normalized spacial score (nSPS) is 11.2. The number of non-ortho nitro benzene ring substituents is 1. The van der Waals surface area contributed by atoms with Gasteiger partial charge in [0.05, 0.1) is 15.5 Å². The van der Waals surface area contributed by atoms with E-state index in [2.05, 4.69) is 10.6 Å². The van der Waals surface area contributed by atoms with Crippen LogP contribution in [0.25, 0.3) is 0 Å². The number of nitrogens with zero attached hydrogens (tertiary/aromatic N) is 1. The molecule has 2 rings (SSSR count). The number of anilines is 1. The van der Waals surface area contributed by atoms with Crippen molar-refractivity contribution in [2.24, 2.45) is 0 Å². The molecular formula is C18H16ClN3O6. The topological polar surface area (TPSA) is 128 Å². The fraction of sp³-hybridized carbons (Fsp3) is 0.167. The Kier molecular flexibility index (Phi) is 7.05. The molecule has 0 spiro atoms. The molecule has 0 unspecified atom stereocenters. The predicted molar refractivity (Wildman–Crippen MR) is 101 cm³/mol. The molecule has 2 aromatic rings. The lowest BCUT2D eigenvalue weighted by Gasteiger charge is -2.14. The molecule has 28 heavy (non-hydrogen) atoms. The Morgan fingerprint density at radius 3 is 2.39 bits per heavy atom. The molecule has 10 heteroatoms. The summed E-state index contributed by atoms with van der Waals surface area (Å²) in [5.74, 6) is -1.99. The SMILES string of the molecule is C[C@H](NC(=O)c1ccccc1Cl)C(=O)OCC(=O)Nc1ccc([N+](=O)[O-])cc1. The highest BCUT2D eigenvalue weighted by Gasteiger charge is 2.20. The van der Waals surface area contributed by atoms with Gasteiger partial charge in [0.1, 0.15) is 6.04 Å². The number of nitrogens with one attached hydrogen (secondary N) is 2. The summed E-state index contributed by atoms with van der Waals surface area (Å²) in [4.78, 5) is 45.9. The number of nitro benzene ring substituents is 1. The number of carbonyl (C=O) groups is 3. The summed E-state index contributed by atoms with van der Waals surface area (Å²) < 4.78 is 4.86. The predicted octanol–water partition coefficient (Wildman–Crippen LogP) is 2.55. The van der Waals surface area contributed by atoms with Crippen LogP contribution in [0.3, 0.4) is 0 Å². The quantitative estimate of drug-likeness (QED) is 0.414. The molecule has 2 amide bonds. The highest BCUT2D eigenvalue weighted by molar-refractivity contribution is 6.33. The van der Waals surface area contributed by atoms with Crippen molar-refractivity contribution in [2.75, 3.05) is 11.9 Å². The van der Waals surface area contributed by atoms with E-state index in [1.807, 2.05) is 0 Å². The van der Waals surface area contributed by atoms with E-state index in [-0.39, 0.29) is 16.3 Å². The second-order valence-corrected chi connectivity index (χ2v) is 6.04. The van der Waals surface area contributed by atoms with Crippen LogP contribution >= 0.6 is 11.6 Å². The maximum absolute atomic E-state index is 12.1. The van der Waals surface area contributed by atoms with Crippen molar-refractivity contribution < 1.29 is 24.0 Å². The first kappa shape index (κ1) is 20.8. The van der Waals surface area contributed by atoms with Crippen LogP contribution in [0.5, 0.6) is 0 Å². The highest BCUT2D eigenvalue weighted by atomic mass is 35.5. The number of ether oxygens (including phenoxy) is 1. The van der Waals surface area contributed by atoms with Gasteiger partial charge in [0.2, 0.25) is 0 Å². The van der Waals surface area contributed by atoms with Crippen LogP contribution in [-0.4, -0.2) is 35.4 Å². The average Bonchev–Trinajstić information content (AvgIpc) is 2.66. The average molecular weight is 406 g/mol. The Morgan fingerprint density at radius 2 is 1.79 bits per heavy atom. The van der Waals surface area contributed by atoms with E-state index in [4.69, 9.17) is 16.3 Å². The number of esters is 1. The maximum atomic E-state index is 12.1. The Morgan fingerprint density at radius 1 is 1.14 bits per heavy atom. The molecule has 0 saturated carbocycles. The van der Waals surface area contributed by atoms with Crippen LogP contribution in [0.4, 0.5) is 11.4 Å². The molecular weight excluding hydrogens is 390 g/mol. The molecule has 146 valence electrons. The molecule has 0 fully saturated rings. The van der Waals surface area contributed by atoms with Crippen LogP contribution in [0, 0.1) is 10.1 Å². The Balaban J connectivity index is 1.82. The molecule has 0 heterocycles. The molecule has 0 aliphatic rings. The third kappa shape index (κ3) is 5.78. The van der Waals surface area contributed by atoms with Gasteiger partial charge >= 0.3 is 5.97 Å². The van der Waals surface area contributed by atoms with Crippen molar-refractivity contribution in [3.63, 3.8) is 0 Å². The first-order valence-electron chi connectivity index (χ1n) is 8.04. The van der Waals surface area contributed by atoms with Crippen molar-refractivity contribution in [3.8, 4) is 0 Å². The molecule has 0 saturated heterocycles. The zero-order valence-electron chi connectivity index (χ0n) is 14.7. The van der Waals surface area contributed by atoms with Crippen LogP contribution in [0.2, 0.25) is 5.02 Å². The monoisotopic (exact) mass is 405 g/mol. The number of hydrogen-bond acceptors (Lipinski definition) is 6. The van der Waals surface area contributed by atoms with Crippen molar-refractivity contribution in [3.05, 3.63) is 69.2 Å². The summed E-state index contributed by atoms with van der Waals surface area (Å²) in [7, 11) is 0. The molecule has 0 bridgehead atoms. The minimum atomic E-state index is -1.00. The summed E-state index contributed by atoms with van der Waals surface area (Å²) in [6.45, 7) is 0.827. The molecule has 0 aliphatic carbocycles. The number of amides is 2. The van der Waals surface area contributed by atoms with Crippen molar-refractivity contribution in [1.82, 2.24) is 5.32 Å². The third-order valence-corrected chi connectivity index (χ3v) is 3.86. The van der Waals surface area contributed by atoms with Gasteiger partial charge in [-0.25, -0.2) is 4.79 Å². The van der Waals surface area contributed by atoms with E-state index < -0.39 is 35.4 Å². The van der Waals surface area contributed by atoms with Crippen molar-refractivity contribution >= 4 is 40.8 Å². The highest BCUT2D eigenvalue weighted by Crippen LogP contribution is 2.16. The van der Waals surface area contributed by atoms with Gasteiger partial charge < -0.3 is 15.4 Å². The Hall–Kier alpha value is -3.46. The number of halogens is 1. The van der Waals surface area contributed by atoms with Gasteiger partial charge in [-0.1, -0.05) is 23.7 Å². The molecule has 0 aromatic heterocycles.